The molecule has 0 spiro atoms. The van der Waals surface area contributed by atoms with Crippen molar-refractivity contribution in [2.75, 3.05) is 47.2 Å². The third kappa shape index (κ3) is 4.23. The Hall–Kier alpha value is -4.32. The summed E-state index contributed by atoms with van der Waals surface area (Å²) in [6.07, 6.45) is -0.156. The molecule has 9 heteroatoms. The Labute approximate surface area is 191 Å². The molecular weight excluding hydrogens is 420 g/mol. The molecule has 0 radical (unpaired) electrons. The lowest BCUT2D eigenvalue weighted by molar-refractivity contribution is -0.120. The molecule has 1 saturated heterocycles. The molecule has 0 aromatic heterocycles. The molecule has 4 rings (SSSR count). The largest absolute Gasteiger partial charge is 0.336 e. The second-order valence-corrected chi connectivity index (χ2v) is 7.82. The van der Waals surface area contributed by atoms with Gasteiger partial charge in [-0.05, 0) is 30.3 Å². The number of urea groups is 1. The summed E-state index contributed by atoms with van der Waals surface area (Å²) in [5.41, 5.74) is 3.04. The van der Waals surface area contributed by atoms with Crippen molar-refractivity contribution in [1.82, 2.24) is 5.32 Å². The molecule has 33 heavy (non-hydrogen) atoms. The number of nitrogens with zero attached hydrogens (tertiary/aromatic N) is 4. The summed E-state index contributed by atoms with van der Waals surface area (Å²) in [6.45, 7) is 1.13. The molecule has 2 N–H and O–H groups in total. The highest BCUT2D eigenvalue weighted by Crippen LogP contribution is 2.40. The number of hydrogen-bond donors (Lipinski definition) is 2. The molecule has 0 saturated carbocycles. The van der Waals surface area contributed by atoms with E-state index in [0.717, 1.165) is 11.4 Å². The van der Waals surface area contributed by atoms with Crippen LogP contribution in [0.4, 0.5) is 27.5 Å². The van der Waals surface area contributed by atoms with E-state index in [0.29, 0.717) is 30.3 Å². The van der Waals surface area contributed by atoms with Gasteiger partial charge in [0, 0.05) is 51.4 Å². The van der Waals surface area contributed by atoms with Crippen LogP contribution in [0.3, 0.4) is 0 Å². The van der Waals surface area contributed by atoms with Gasteiger partial charge in [0.2, 0.25) is 5.91 Å². The third-order valence-corrected chi connectivity index (χ3v) is 5.73. The molecule has 168 valence electrons. The maximum atomic E-state index is 12.9. The summed E-state index contributed by atoms with van der Waals surface area (Å²) in [4.78, 5) is 42.4. The fourth-order valence-corrected chi connectivity index (χ4v) is 4.10. The summed E-state index contributed by atoms with van der Waals surface area (Å²) >= 11 is 0. The Morgan fingerprint density at radius 3 is 2.36 bits per heavy atom. The lowest BCUT2D eigenvalue weighted by atomic mass is 10.1. The summed E-state index contributed by atoms with van der Waals surface area (Å²) in [5.74, 6) is -0.234. The van der Waals surface area contributed by atoms with Crippen molar-refractivity contribution in [1.29, 1.82) is 5.26 Å². The molecule has 1 fully saturated rings. The number of anilines is 4. The number of rotatable bonds is 6. The van der Waals surface area contributed by atoms with Gasteiger partial charge in [-0.2, -0.15) is 5.26 Å². The summed E-state index contributed by atoms with van der Waals surface area (Å²) in [7, 11) is 3.62. The van der Waals surface area contributed by atoms with Gasteiger partial charge in [0.25, 0.3) is 0 Å². The highest BCUT2D eigenvalue weighted by Gasteiger charge is 2.31. The van der Waals surface area contributed by atoms with E-state index < -0.39 is 5.78 Å². The topological polar surface area (TPSA) is 109 Å². The Kier molecular flexibility index (Phi) is 6.00. The van der Waals surface area contributed by atoms with Crippen LogP contribution in [0.15, 0.2) is 59.9 Å². The summed E-state index contributed by atoms with van der Waals surface area (Å²) < 4.78 is 0. The second-order valence-electron chi connectivity index (χ2n) is 7.82. The minimum atomic E-state index is -0.392. The van der Waals surface area contributed by atoms with E-state index in [2.05, 4.69) is 10.6 Å². The number of nitrogens with one attached hydrogen (secondary N) is 2. The first-order valence-electron chi connectivity index (χ1n) is 10.6. The van der Waals surface area contributed by atoms with Crippen LogP contribution in [0, 0.1) is 11.3 Å². The van der Waals surface area contributed by atoms with Crippen molar-refractivity contribution in [3.05, 3.63) is 59.9 Å². The summed E-state index contributed by atoms with van der Waals surface area (Å²) in [5, 5.41) is 15.2. The fraction of sp³-hybridized carbons (Fsp3) is 0.250. The molecule has 2 aliphatic rings. The highest BCUT2D eigenvalue weighted by atomic mass is 16.2. The minimum Gasteiger partial charge on any atom is -0.336 e. The Morgan fingerprint density at radius 1 is 1.06 bits per heavy atom. The Bertz CT molecular complexity index is 1170. The number of Topliss-reactive ketones (excluding diaryl/α,β-unsaturated/α-hetero) is 1. The van der Waals surface area contributed by atoms with Gasteiger partial charge in [0.15, 0.2) is 5.78 Å². The average molecular weight is 444 g/mol. The van der Waals surface area contributed by atoms with Crippen molar-refractivity contribution in [2.24, 2.45) is 0 Å². The maximum absolute atomic E-state index is 12.9. The number of ketones is 1. The number of para-hydroxylation sites is 2. The van der Waals surface area contributed by atoms with Gasteiger partial charge in [0.05, 0.1) is 11.4 Å². The van der Waals surface area contributed by atoms with Crippen LogP contribution in [-0.2, 0) is 9.59 Å². The quantitative estimate of drug-likeness (QED) is 0.524. The zero-order chi connectivity index (χ0) is 23.5. The van der Waals surface area contributed by atoms with E-state index >= 15 is 0 Å². The highest BCUT2D eigenvalue weighted by molar-refractivity contribution is 6.04. The van der Waals surface area contributed by atoms with Crippen molar-refractivity contribution in [3.63, 3.8) is 0 Å². The van der Waals surface area contributed by atoms with E-state index in [9.17, 15) is 19.6 Å². The number of carbonyl (C=O) groups is 3. The molecule has 0 bridgehead atoms. The number of benzene rings is 2. The first-order chi connectivity index (χ1) is 15.9. The number of fused-ring (bicyclic) bond motifs is 1. The maximum Gasteiger partial charge on any atom is 0.321 e. The molecule has 2 aromatic rings. The second kappa shape index (κ2) is 9.04. The molecule has 2 heterocycles. The molecule has 2 aliphatic heterocycles. The molecular formula is C24H24N6O3. The van der Waals surface area contributed by atoms with E-state index in [4.69, 9.17) is 0 Å². The Balaban J connectivity index is 1.42. The average Bonchev–Trinajstić information content (AvgIpc) is 3.35. The Morgan fingerprint density at radius 2 is 1.76 bits per heavy atom. The van der Waals surface area contributed by atoms with E-state index in [1.54, 1.807) is 29.2 Å². The van der Waals surface area contributed by atoms with E-state index in [1.165, 1.54) is 0 Å². The van der Waals surface area contributed by atoms with E-state index in [-0.39, 0.29) is 30.4 Å². The van der Waals surface area contributed by atoms with Crippen LogP contribution >= 0.6 is 0 Å². The van der Waals surface area contributed by atoms with Gasteiger partial charge >= 0.3 is 6.03 Å². The number of hydrogen-bond acceptors (Lipinski definition) is 6. The van der Waals surface area contributed by atoms with Gasteiger partial charge in [-0.3, -0.25) is 14.5 Å². The normalized spacial score (nSPS) is 14.6. The first-order valence-corrected chi connectivity index (χ1v) is 10.6. The van der Waals surface area contributed by atoms with Crippen molar-refractivity contribution in [2.45, 2.75) is 12.8 Å². The van der Waals surface area contributed by atoms with Gasteiger partial charge in [-0.15, -0.1) is 0 Å². The zero-order valence-corrected chi connectivity index (χ0v) is 18.5. The van der Waals surface area contributed by atoms with Crippen LogP contribution in [0.1, 0.15) is 12.8 Å². The number of amides is 3. The lowest BCUT2D eigenvalue weighted by Crippen LogP contribution is -2.27. The fourth-order valence-electron chi connectivity index (χ4n) is 4.10. The number of carbonyl (C=O) groups excluding carboxylic acids is 3. The molecule has 2 aromatic carbocycles. The SMILES string of the molecule is CN1C(=C(C#N)C(=O)CCC(=O)Nc2cccc(N3CCNC3=O)c2)N(C)c2ccccc21. The third-order valence-electron chi connectivity index (χ3n) is 5.73. The van der Waals surface area contributed by atoms with Crippen LogP contribution < -0.4 is 25.3 Å². The predicted octanol–water partition coefficient (Wildman–Crippen LogP) is 2.83. The molecule has 0 atom stereocenters. The standard InChI is InChI=1S/C24H24N6O3/c1-28-19-8-3-4-9-20(19)29(2)23(28)18(15-25)21(31)10-11-22(32)27-16-6-5-7-17(14-16)30-13-12-26-24(30)33/h3-9,14H,10-13H2,1-2H3,(H,26,33)(H,27,32). The first kappa shape index (κ1) is 21.9. The van der Waals surface area contributed by atoms with Gasteiger partial charge in [-0.1, -0.05) is 18.2 Å². The van der Waals surface area contributed by atoms with E-state index in [1.807, 2.05) is 54.2 Å². The van der Waals surface area contributed by atoms with Crippen molar-refractivity contribution in [3.8, 4) is 6.07 Å². The van der Waals surface area contributed by atoms with Crippen molar-refractivity contribution >= 4 is 40.5 Å². The van der Waals surface area contributed by atoms with Crippen LogP contribution in [-0.4, -0.2) is 44.9 Å². The zero-order valence-electron chi connectivity index (χ0n) is 18.5. The van der Waals surface area contributed by atoms with Crippen LogP contribution in [0.25, 0.3) is 0 Å². The van der Waals surface area contributed by atoms with Crippen LogP contribution in [0.2, 0.25) is 0 Å². The van der Waals surface area contributed by atoms with Crippen molar-refractivity contribution < 1.29 is 14.4 Å². The monoisotopic (exact) mass is 444 g/mol. The minimum absolute atomic E-state index is 0.0195. The molecule has 0 aliphatic carbocycles. The smallest absolute Gasteiger partial charge is 0.321 e. The lowest BCUT2D eigenvalue weighted by Gasteiger charge is -2.20. The van der Waals surface area contributed by atoms with Gasteiger partial charge in [-0.25, -0.2) is 4.79 Å². The van der Waals surface area contributed by atoms with Gasteiger partial charge < -0.3 is 20.4 Å². The molecule has 3 amide bonds. The van der Waals surface area contributed by atoms with Gasteiger partial charge in [0.1, 0.15) is 17.5 Å². The summed E-state index contributed by atoms with van der Waals surface area (Å²) in [6, 6.07) is 16.5. The molecule has 9 nitrogen and oxygen atoms in total. The number of nitriles is 1. The number of allylic oxidation sites excluding steroid dienone is 1. The molecule has 0 unspecified atom stereocenters. The predicted molar refractivity (Wildman–Crippen MR) is 126 cm³/mol. The van der Waals surface area contributed by atoms with Crippen LogP contribution in [0.5, 0.6) is 0 Å².